The van der Waals surface area contributed by atoms with E-state index in [-0.39, 0.29) is 17.2 Å². The number of nitrogens with zero attached hydrogens (tertiary/aromatic N) is 1. The quantitative estimate of drug-likeness (QED) is 0.911. The molecule has 0 atom stereocenters. The van der Waals surface area contributed by atoms with E-state index in [0.29, 0.717) is 4.47 Å². The minimum absolute atomic E-state index is 0.104. The highest BCUT2D eigenvalue weighted by atomic mass is 79.9. The molecule has 1 aromatic heterocycles. The third-order valence-corrected chi connectivity index (χ3v) is 2.84. The summed E-state index contributed by atoms with van der Waals surface area (Å²) in [6, 6.07) is 9.00. The average molecular weight is 311 g/mol. The van der Waals surface area contributed by atoms with Gasteiger partial charge in [-0.3, -0.25) is 0 Å². The number of carboxylic acid groups (broad SMARTS) is 1. The Labute approximate surface area is 111 Å². The highest BCUT2D eigenvalue weighted by Crippen LogP contribution is 2.27. The number of aromatic nitrogens is 1. The first kappa shape index (κ1) is 12.5. The second-order valence-corrected chi connectivity index (χ2v) is 4.29. The summed E-state index contributed by atoms with van der Waals surface area (Å²) in [5.74, 6) is -1.32. The molecule has 92 valence electrons. The van der Waals surface area contributed by atoms with Crippen molar-refractivity contribution in [3.8, 4) is 0 Å². The minimum Gasteiger partial charge on any atom is -0.477 e. The van der Waals surface area contributed by atoms with Gasteiger partial charge in [-0.15, -0.1) is 0 Å². The van der Waals surface area contributed by atoms with Crippen molar-refractivity contribution in [3.05, 3.63) is 52.4 Å². The van der Waals surface area contributed by atoms with Crippen molar-refractivity contribution in [1.82, 2.24) is 4.98 Å². The predicted molar refractivity (Wildman–Crippen MR) is 68.6 cm³/mol. The molecule has 0 amide bonds. The topological polar surface area (TPSA) is 62.2 Å². The van der Waals surface area contributed by atoms with Crippen LogP contribution in [0.15, 0.2) is 40.9 Å². The van der Waals surface area contributed by atoms with E-state index < -0.39 is 11.8 Å². The van der Waals surface area contributed by atoms with E-state index in [2.05, 4.69) is 26.2 Å². The lowest BCUT2D eigenvalue weighted by molar-refractivity contribution is 0.0690. The van der Waals surface area contributed by atoms with Gasteiger partial charge in [0.15, 0.2) is 5.69 Å². The number of carbonyl (C=O) groups is 1. The highest BCUT2D eigenvalue weighted by Gasteiger charge is 2.09. The molecule has 6 heteroatoms. The number of hydrogen-bond donors (Lipinski definition) is 2. The standard InChI is InChI=1S/C12H8BrFN2O2/c13-7-3-1-4-8(14)11(7)16-10-6-2-5-9(15-10)12(17)18/h1-6H,(H,15,16)(H,17,18). The van der Waals surface area contributed by atoms with Gasteiger partial charge in [-0.1, -0.05) is 12.1 Å². The molecule has 0 aliphatic rings. The predicted octanol–water partition coefficient (Wildman–Crippen LogP) is 3.43. The van der Waals surface area contributed by atoms with Crippen molar-refractivity contribution in [2.24, 2.45) is 0 Å². The number of benzene rings is 1. The molecule has 1 heterocycles. The van der Waals surface area contributed by atoms with Crippen LogP contribution in [0.3, 0.4) is 0 Å². The molecule has 0 fully saturated rings. The molecule has 0 aliphatic carbocycles. The fourth-order valence-electron chi connectivity index (χ4n) is 1.37. The zero-order valence-electron chi connectivity index (χ0n) is 9.02. The van der Waals surface area contributed by atoms with Crippen LogP contribution in [0.1, 0.15) is 10.5 Å². The third-order valence-electron chi connectivity index (χ3n) is 2.18. The number of pyridine rings is 1. The van der Waals surface area contributed by atoms with E-state index in [0.717, 1.165) is 0 Å². The fourth-order valence-corrected chi connectivity index (χ4v) is 1.81. The molecule has 2 N–H and O–H groups in total. The summed E-state index contributed by atoms with van der Waals surface area (Å²) >= 11 is 3.21. The molecular formula is C12H8BrFN2O2. The van der Waals surface area contributed by atoms with Gasteiger partial charge in [0, 0.05) is 4.47 Å². The Morgan fingerprint density at radius 2 is 2.00 bits per heavy atom. The van der Waals surface area contributed by atoms with Gasteiger partial charge >= 0.3 is 5.97 Å². The number of rotatable bonds is 3. The van der Waals surface area contributed by atoms with Gasteiger partial charge in [0.2, 0.25) is 0 Å². The maximum Gasteiger partial charge on any atom is 0.354 e. The molecule has 4 nitrogen and oxygen atoms in total. The number of aromatic carboxylic acids is 1. The number of hydrogen-bond acceptors (Lipinski definition) is 3. The van der Waals surface area contributed by atoms with E-state index in [1.54, 1.807) is 18.2 Å². The minimum atomic E-state index is -1.13. The lowest BCUT2D eigenvalue weighted by atomic mass is 10.3. The van der Waals surface area contributed by atoms with Crippen LogP contribution < -0.4 is 5.32 Å². The maximum absolute atomic E-state index is 13.6. The maximum atomic E-state index is 13.6. The van der Waals surface area contributed by atoms with E-state index in [1.165, 1.54) is 18.2 Å². The van der Waals surface area contributed by atoms with E-state index in [9.17, 15) is 9.18 Å². The molecule has 0 saturated carbocycles. The molecule has 0 radical (unpaired) electrons. The summed E-state index contributed by atoms with van der Waals surface area (Å²) in [7, 11) is 0. The third kappa shape index (κ3) is 2.65. The van der Waals surface area contributed by atoms with Crippen molar-refractivity contribution in [1.29, 1.82) is 0 Å². The Kier molecular flexibility index (Phi) is 3.57. The van der Waals surface area contributed by atoms with E-state index in [1.807, 2.05) is 0 Å². The second kappa shape index (κ2) is 5.14. The largest absolute Gasteiger partial charge is 0.477 e. The molecule has 2 rings (SSSR count). The number of anilines is 2. The van der Waals surface area contributed by atoms with Crippen molar-refractivity contribution in [2.45, 2.75) is 0 Å². The molecular weight excluding hydrogens is 303 g/mol. The number of para-hydroxylation sites is 1. The Hall–Kier alpha value is -1.95. The SMILES string of the molecule is O=C(O)c1cccc(Nc2c(F)cccc2Br)n1. The van der Waals surface area contributed by atoms with E-state index in [4.69, 9.17) is 5.11 Å². The van der Waals surface area contributed by atoms with Crippen LogP contribution in [-0.4, -0.2) is 16.1 Å². The normalized spacial score (nSPS) is 10.1. The molecule has 0 aliphatic heterocycles. The average Bonchev–Trinajstić information content (AvgIpc) is 2.34. The van der Waals surface area contributed by atoms with E-state index >= 15 is 0 Å². The summed E-state index contributed by atoms with van der Waals surface area (Å²) in [5.41, 5.74) is 0.111. The lowest BCUT2D eigenvalue weighted by Gasteiger charge is -2.09. The van der Waals surface area contributed by atoms with Gasteiger partial charge < -0.3 is 10.4 Å². The van der Waals surface area contributed by atoms with Crippen molar-refractivity contribution in [3.63, 3.8) is 0 Å². The molecule has 18 heavy (non-hydrogen) atoms. The molecule has 2 aromatic rings. The van der Waals surface area contributed by atoms with Crippen LogP contribution in [-0.2, 0) is 0 Å². The zero-order valence-corrected chi connectivity index (χ0v) is 10.6. The van der Waals surface area contributed by atoms with Crippen LogP contribution >= 0.6 is 15.9 Å². The smallest absolute Gasteiger partial charge is 0.354 e. The molecule has 0 bridgehead atoms. The van der Waals surface area contributed by atoms with Gasteiger partial charge in [-0.2, -0.15) is 0 Å². The highest BCUT2D eigenvalue weighted by molar-refractivity contribution is 9.10. The summed E-state index contributed by atoms with van der Waals surface area (Å²) in [4.78, 5) is 14.6. The number of halogens is 2. The summed E-state index contributed by atoms with van der Waals surface area (Å²) in [5, 5.41) is 11.6. The van der Waals surface area contributed by atoms with Gasteiger partial charge in [0.25, 0.3) is 0 Å². The van der Waals surface area contributed by atoms with Crippen LogP contribution in [0.25, 0.3) is 0 Å². The van der Waals surface area contributed by atoms with Gasteiger partial charge in [0.05, 0.1) is 5.69 Å². The van der Waals surface area contributed by atoms with Crippen LogP contribution in [0.4, 0.5) is 15.9 Å². The van der Waals surface area contributed by atoms with Crippen LogP contribution in [0, 0.1) is 5.82 Å². The van der Waals surface area contributed by atoms with Gasteiger partial charge in [-0.25, -0.2) is 14.2 Å². The lowest BCUT2D eigenvalue weighted by Crippen LogP contribution is -2.03. The molecule has 0 spiro atoms. The van der Waals surface area contributed by atoms with Gasteiger partial charge in [-0.05, 0) is 40.2 Å². The first-order valence-electron chi connectivity index (χ1n) is 4.99. The van der Waals surface area contributed by atoms with Crippen LogP contribution in [0.5, 0.6) is 0 Å². The zero-order chi connectivity index (χ0) is 13.1. The monoisotopic (exact) mass is 310 g/mol. The summed E-state index contributed by atoms with van der Waals surface area (Å²) in [6.07, 6.45) is 0. The Bertz CT molecular complexity index is 584. The second-order valence-electron chi connectivity index (χ2n) is 3.43. The summed E-state index contributed by atoms with van der Waals surface area (Å²) < 4.78 is 14.1. The van der Waals surface area contributed by atoms with Crippen molar-refractivity contribution < 1.29 is 14.3 Å². The Morgan fingerprint density at radius 1 is 1.28 bits per heavy atom. The van der Waals surface area contributed by atoms with Crippen molar-refractivity contribution in [2.75, 3.05) is 5.32 Å². The fraction of sp³-hybridized carbons (Fsp3) is 0. The van der Waals surface area contributed by atoms with Gasteiger partial charge in [0.1, 0.15) is 11.6 Å². The Balaban J connectivity index is 2.34. The molecule has 0 saturated heterocycles. The number of nitrogens with one attached hydrogen (secondary N) is 1. The summed E-state index contributed by atoms with van der Waals surface area (Å²) in [6.45, 7) is 0. The molecule has 1 aromatic carbocycles. The Morgan fingerprint density at radius 3 is 2.67 bits per heavy atom. The van der Waals surface area contributed by atoms with Crippen molar-refractivity contribution >= 4 is 33.4 Å². The first-order valence-corrected chi connectivity index (χ1v) is 5.78. The van der Waals surface area contributed by atoms with Crippen LogP contribution in [0.2, 0.25) is 0 Å². The molecule has 0 unspecified atom stereocenters. The number of carboxylic acids is 1. The first-order chi connectivity index (χ1) is 8.58.